The molecule has 2 aromatic rings. The zero-order valence-electron chi connectivity index (χ0n) is 15.9. The Bertz CT molecular complexity index is 1020. The van der Waals surface area contributed by atoms with E-state index < -0.39 is 28.5 Å². The molecule has 0 saturated carbocycles. The Labute approximate surface area is 174 Å². The van der Waals surface area contributed by atoms with Crippen LogP contribution in [0, 0.1) is 0 Å². The summed E-state index contributed by atoms with van der Waals surface area (Å²) in [4.78, 5) is 19.2. The van der Waals surface area contributed by atoms with Gasteiger partial charge in [0, 0.05) is 48.9 Å². The predicted molar refractivity (Wildman–Crippen MR) is 109 cm³/mol. The Morgan fingerprint density at radius 3 is 2.55 bits per heavy atom. The first-order chi connectivity index (χ1) is 13.6. The molecule has 4 rings (SSSR count). The van der Waals surface area contributed by atoms with Gasteiger partial charge >= 0.3 is 11.9 Å². The van der Waals surface area contributed by atoms with Crippen LogP contribution in [0.15, 0.2) is 15.8 Å². The Hall–Kier alpha value is -1.49. The molecular weight excluding hydrogens is 427 g/mol. The highest BCUT2D eigenvalue weighted by Crippen LogP contribution is 2.46. The van der Waals surface area contributed by atoms with Crippen LogP contribution in [0.4, 0.5) is 19.0 Å². The summed E-state index contributed by atoms with van der Waals surface area (Å²) in [6.07, 6.45) is -4.63. The van der Waals surface area contributed by atoms with Crippen LogP contribution < -0.4 is 21.6 Å². The Morgan fingerprint density at radius 2 is 1.93 bits per heavy atom. The van der Waals surface area contributed by atoms with Crippen LogP contribution in [0.5, 0.6) is 0 Å². The molecule has 3 heterocycles. The maximum absolute atomic E-state index is 13.7. The summed E-state index contributed by atoms with van der Waals surface area (Å²) in [5.41, 5.74) is 4.99. The first-order valence-corrected chi connectivity index (χ1v) is 10.7. The number of thioether (sulfide) groups is 1. The van der Waals surface area contributed by atoms with Crippen molar-refractivity contribution in [1.29, 1.82) is 0 Å². The molecule has 11 heteroatoms. The zero-order chi connectivity index (χ0) is 21.1. The van der Waals surface area contributed by atoms with E-state index in [1.807, 2.05) is 18.7 Å². The SMILES string of the molecule is C[C@@H]1CN(c2nc(=O)n3c4c(c(Cl)c(C(F)(F)F)cc24)SC[C@@H](N)C3)C[C@H](C)N1. The smallest absolute Gasteiger partial charge is 0.353 e. The van der Waals surface area contributed by atoms with E-state index in [9.17, 15) is 18.0 Å². The van der Waals surface area contributed by atoms with Gasteiger partial charge in [0.15, 0.2) is 0 Å². The number of hydrogen-bond acceptors (Lipinski definition) is 6. The highest BCUT2D eigenvalue weighted by Gasteiger charge is 2.37. The lowest BCUT2D eigenvalue weighted by Gasteiger charge is -2.37. The number of nitrogens with one attached hydrogen (secondary N) is 1. The number of hydrogen-bond donors (Lipinski definition) is 2. The molecule has 3 atom stereocenters. The third-order valence-corrected chi connectivity index (χ3v) is 6.94. The first-order valence-electron chi connectivity index (χ1n) is 9.30. The number of aromatic nitrogens is 2. The van der Waals surface area contributed by atoms with Gasteiger partial charge in [-0.25, -0.2) is 4.79 Å². The average molecular weight is 448 g/mol. The summed E-state index contributed by atoms with van der Waals surface area (Å²) in [5, 5.41) is 3.26. The maximum atomic E-state index is 13.7. The molecule has 0 amide bonds. The van der Waals surface area contributed by atoms with Crippen LogP contribution in [0.1, 0.15) is 19.4 Å². The van der Waals surface area contributed by atoms with Crippen LogP contribution in [-0.4, -0.2) is 46.5 Å². The van der Waals surface area contributed by atoms with Crippen LogP contribution in [0.3, 0.4) is 0 Å². The molecule has 158 valence electrons. The van der Waals surface area contributed by atoms with E-state index in [1.54, 1.807) is 0 Å². The van der Waals surface area contributed by atoms with Gasteiger partial charge in [0.25, 0.3) is 0 Å². The van der Waals surface area contributed by atoms with E-state index in [2.05, 4.69) is 10.3 Å². The van der Waals surface area contributed by atoms with Gasteiger partial charge in [-0.3, -0.25) is 4.57 Å². The molecule has 2 aliphatic heterocycles. The van der Waals surface area contributed by atoms with Crippen LogP contribution in [0.25, 0.3) is 10.9 Å². The number of rotatable bonds is 1. The molecule has 1 saturated heterocycles. The third-order valence-electron chi connectivity index (χ3n) is 5.16. The lowest BCUT2D eigenvalue weighted by atomic mass is 10.1. The van der Waals surface area contributed by atoms with E-state index >= 15 is 0 Å². The topological polar surface area (TPSA) is 76.2 Å². The molecule has 0 bridgehead atoms. The van der Waals surface area contributed by atoms with E-state index in [0.717, 1.165) is 17.8 Å². The Kier molecular flexibility index (Phi) is 5.25. The fraction of sp³-hybridized carbons (Fsp3) is 0.556. The van der Waals surface area contributed by atoms with Crippen molar-refractivity contribution in [1.82, 2.24) is 14.9 Å². The molecule has 2 aliphatic rings. The average Bonchev–Trinajstić information content (AvgIpc) is 2.78. The van der Waals surface area contributed by atoms with Crippen molar-refractivity contribution >= 4 is 40.1 Å². The monoisotopic (exact) mass is 447 g/mol. The number of nitrogens with zero attached hydrogens (tertiary/aromatic N) is 3. The van der Waals surface area contributed by atoms with Crippen LogP contribution in [-0.2, 0) is 12.7 Å². The summed E-state index contributed by atoms with van der Waals surface area (Å²) < 4.78 is 42.6. The maximum Gasteiger partial charge on any atom is 0.417 e. The van der Waals surface area contributed by atoms with E-state index in [1.165, 1.54) is 4.57 Å². The second kappa shape index (κ2) is 7.33. The normalized spacial score (nSPS) is 25.3. The number of alkyl halides is 3. The fourth-order valence-electron chi connectivity index (χ4n) is 4.10. The second-order valence-corrected chi connectivity index (χ2v) is 9.14. The third kappa shape index (κ3) is 3.71. The predicted octanol–water partition coefficient (Wildman–Crippen LogP) is 2.69. The molecule has 1 aromatic heterocycles. The number of anilines is 1. The fourth-order valence-corrected chi connectivity index (χ4v) is 5.59. The Morgan fingerprint density at radius 1 is 1.28 bits per heavy atom. The van der Waals surface area contributed by atoms with Crippen molar-refractivity contribution in [3.8, 4) is 0 Å². The summed E-state index contributed by atoms with van der Waals surface area (Å²) >= 11 is 7.35. The largest absolute Gasteiger partial charge is 0.417 e. The summed E-state index contributed by atoms with van der Waals surface area (Å²) in [5.74, 6) is 0.620. The molecule has 1 fully saturated rings. The number of halogens is 4. The van der Waals surface area contributed by atoms with E-state index in [-0.39, 0.29) is 34.7 Å². The van der Waals surface area contributed by atoms with Gasteiger partial charge in [0.05, 0.1) is 21.0 Å². The zero-order valence-corrected chi connectivity index (χ0v) is 17.5. The molecule has 0 radical (unpaired) electrons. The minimum atomic E-state index is -4.63. The van der Waals surface area contributed by atoms with Gasteiger partial charge < -0.3 is 16.0 Å². The van der Waals surface area contributed by atoms with Gasteiger partial charge in [-0.1, -0.05) is 11.6 Å². The summed E-state index contributed by atoms with van der Waals surface area (Å²) in [6, 6.07) is 0.829. The standard InChI is InChI=1S/C18H21ClF3N5OS/c1-8-4-26(5-9(2)24-8)16-11-3-12(18(20,21)22)13(19)15-14(11)27(17(28)25-16)6-10(23)7-29-15/h3,8-10,24H,4-7,23H2,1-2H3/t8-,9+,10-/m0/s1. The number of benzene rings is 1. The van der Waals surface area contributed by atoms with Crippen molar-refractivity contribution in [3.05, 3.63) is 27.1 Å². The van der Waals surface area contributed by atoms with Crippen LogP contribution in [0.2, 0.25) is 5.02 Å². The molecule has 29 heavy (non-hydrogen) atoms. The van der Waals surface area contributed by atoms with Gasteiger partial charge in [-0.15, -0.1) is 11.8 Å². The molecule has 0 aliphatic carbocycles. The van der Waals surface area contributed by atoms with Crippen molar-refractivity contribution in [2.24, 2.45) is 5.73 Å². The first kappa shape index (κ1) is 20.8. The lowest BCUT2D eigenvalue weighted by molar-refractivity contribution is -0.137. The molecular formula is C18H21ClF3N5OS. The molecule has 0 unspecified atom stereocenters. The van der Waals surface area contributed by atoms with Crippen molar-refractivity contribution in [2.75, 3.05) is 23.7 Å². The van der Waals surface area contributed by atoms with Gasteiger partial charge in [-0.05, 0) is 19.9 Å². The van der Waals surface area contributed by atoms with E-state index in [0.29, 0.717) is 24.4 Å². The van der Waals surface area contributed by atoms with Gasteiger partial charge in [0.1, 0.15) is 5.82 Å². The summed E-state index contributed by atoms with van der Waals surface area (Å²) in [6.45, 7) is 5.21. The molecule has 3 N–H and O–H groups in total. The minimum Gasteiger partial charge on any atom is -0.353 e. The Balaban J connectivity index is 2.06. The van der Waals surface area contributed by atoms with Gasteiger partial charge in [-0.2, -0.15) is 18.2 Å². The summed E-state index contributed by atoms with van der Waals surface area (Å²) in [7, 11) is 0. The number of nitrogens with two attached hydrogens (primary N) is 1. The van der Waals surface area contributed by atoms with E-state index in [4.69, 9.17) is 17.3 Å². The highest BCUT2D eigenvalue weighted by molar-refractivity contribution is 7.99. The highest BCUT2D eigenvalue weighted by atomic mass is 35.5. The van der Waals surface area contributed by atoms with Gasteiger partial charge in [0.2, 0.25) is 0 Å². The molecule has 1 aromatic carbocycles. The van der Waals surface area contributed by atoms with Crippen molar-refractivity contribution in [3.63, 3.8) is 0 Å². The number of piperazine rings is 1. The minimum absolute atomic E-state index is 0.102. The lowest BCUT2D eigenvalue weighted by Crippen LogP contribution is -2.55. The van der Waals surface area contributed by atoms with Crippen LogP contribution >= 0.6 is 23.4 Å². The van der Waals surface area contributed by atoms with Crippen molar-refractivity contribution < 1.29 is 13.2 Å². The van der Waals surface area contributed by atoms with Crippen molar-refractivity contribution in [2.45, 2.75) is 49.6 Å². The molecule has 6 nitrogen and oxygen atoms in total. The second-order valence-electron chi connectivity index (χ2n) is 7.73. The molecule has 0 spiro atoms. The quantitative estimate of drug-likeness (QED) is 0.700.